The van der Waals surface area contributed by atoms with Gasteiger partial charge in [0.2, 0.25) is 0 Å². The van der Waals surface area contributed by atoms with E-state index in [9.17, 15) is 26.7 Å². The van der Waals surface area contributed by atoms with Gasteiger partial charge in [-0.1, -0.05) is 31.5 Å². The summed E-state index contributed by atoms with van der Waals surface area (Å²) in [6, 6.07) is 3.76. The topological polar surface area (TPSA) is 53.3 Å². The standard InChI is InChI=1S/C19H20ClF5N2O3/c1-5-29-16(28)14-13(20)15(27(4)26-14)11-7-6-10(8-12(11)30-17(21)22)9-18(2,3)19(23,24)25/h6-8,17H,5,9H2,1-4H3. The predicted octanol–water partition coefficient (Wildman–Crippen LogP) is 5.65. The summed E-state index contributed by atoms with van der Waals surface area (Å²) in [6.45, 7) is 0.456. The van der Waals surface area contributed by atoms with Gasteiger partial charge in [0.25, 0.3) is 0 Å². The molecule has 0 spiro atoms. The molecule has 166 valence electrons. The van der Waals surface area contributed by atoms with Crippen LogP contribution in [0.5, 0.6) is 5.75 Å². The highest BCUT2D eigenvalue weighted by Gasteiger charge is 2.47. The largest absolute Gasteiger partial charge is 0.461 e. The third-order valence-electron chi connectivity index (χ3n) is 4.39. The fourth-order valence-electron chi connectivity index (χ4n) is 2.80. The number of halogens is 6. The molecule has 2 rings (SSSR count). The lowest BCUT2D eigenvalue weighted by atomic mass is 9.84. The van der Waals surface area contributed by atoms with Gasteiger partial charge in [0.05, 0.1) is 17.7 Å². The van der Waals surface area contributed by atoms with E-state index in [0.29, 0.717) is 0 Å². The Labute approximate surface area is 174 Å². The molecule has 0 N–H and O–H groups in total. The molecule has 0 aliphatic carbocycles. The van der Waals surface area contributed by atoms with Crippen LogP contribution in [-0.4, -0.2) is 35.1 Å². The Kier molecular flexibility index (Phi) is 7.01. The number of ether oxygens (including phenoxy) is 2. The first kappa shape index (κ1) is 23.9. The SMILES string of the molecule is CCOC(=O)c1nn(C)c(-c2ccc(CC(C)(C)C(F)(F)F)cc2OC(F)F)c1Cl. The van der Waals surface area contributed by atoms with E-state index in [1.807, 2.05) is 0 Å². The van der Waals surface area contributed by atoms with Gasteiger partial charge in [0.1, 0.15) is 10.8 Å². The number of alkyl halides is 5. The molecular weight excluding hydrogens is 435 g/mol. The molecule has 0 saturated carbocycles. The molecule has 0 atom stereocenters. The fraction of sp³-hybridized carbons (Fsp3) is 0.474. The second-order valence-electron chi connectivity index (χ2n) is 7.12. The molecule has 5 nitrogen and oxygen atoms in total. The van der Waals surface area contributed by atoms with Crippen molar-refractivity contribution in [3.05, 3.63) is 34.5 Å². The van der Waals surface area contributed by atoms with Crippen molar-refractivity contribution < 1.29 is 36.2 Å². The van der Waals surface area contributed by atoms with Gasteiger partial charge in [-0.3, -0.25) is 4.68 Å². The first-order valence-electron chi connectivity index (χ1n) is 8.83. The number of esters is 1. The molecule has 1 aromatic heterocycles. The van der Waals surface area contributed by atoms with Crippen molar-refractivity contribution in [3.63, 3.8) is 0 Å². The molecule has 0 aliphatic heterocycles. The maximum atomic E-state index is 13.2. The van der Waals surface area contributed by atoms with Crippen LogP contribution in [0.15, 0.2) is 18.2 Å². The normalized spacial score (nSPS) is 12.4. The van der Waals surface area contributed by atoms with Crippen LogP contribution in [0.4, 0.5) is 22.0 Å². The zero-order valence-electron chi connectivity index (χ0n) is 16.6. The minimum Gasteiger partial charge on any atom is -0.461 e. The summed E-state index contributed by atoms with van der Waals surface area (Å²) >= 11 is 6.23. The third-order valence-corrected chi connectivity index (χ3v) is 4.75. The van der Waals surface area contributed by atoms with E-state index in [4.69, 9.17) is 16.3 Å². The number of hydrogen-bond acceptors (Lipinski definition) is 4. The monoisotopic (exact) mass is 454 g/mol. The molecular formula is C19H20ClF5N2O3. The van der Waals surface area contributed by atoms with Crippen LogP contribution in [0.25, 0.3) is 11.3 Å². The highest BCUT2D eigenvalue weighted by Crippen LogP contribution is 2.42. The molecule has 0 bridgehead atoms. The van der Waals surface area contributed by atoms with Gasteiger partial charge in [-0.2, -0.15) is 27.1 Å². The fourth-order valence-corrected chi connectivity index (χ4v) is 3.14. The summed E-state index contributed by atoms with van der Waals surface area (Å²) in [5.41, 5.74) is -2.05. The molecule has 0 amide bonds. The van der Waals surface area contributed by atoms with Gasteiger partial charge in [0, 0.05) is 12.6 Å². The number of aromatic nitrogens is 2. The number of carbonyl (C=O) groups excluding carboxylic acids is 1. The van der Waals surface area contributed by atoms with E-state index >= 15 is 0 Å². The van der Waals surface area contributed by atoms with Gasteiger partial charge < -0.3 is 9.47 Å². The number of carbonyl (C=O) groups is 1. The molecule has 0 radical (unpaired) electrons. The lowest BCUT2D eigenvalue weighted by Gasteiger charge is -2.28. The molecule has 30 heavy (non-hydrogen) atoms. The molecule has 1 heterocycles. The van der Waals surface area contributed by atoms with Crippen molar-refractivity contribution in [1.82, 2.24) is 9.78 Å². The maximum absolute atomic E-state index is 13.2. The van der Waals surface area contributed by atoms with Gasteiger partial charge in [0.15, 0.2) is 5.69 Å². The van der Waals surface area contributed by atoms with E-state index in [1.54, 1.807) is 6.92 Å². The van der Waals surface area contributed by atoms with Crippen molar-refractivity contribution in [2.75, 3.05) is 6.61 Å². The van der Waals surface area contributed by atoms with Crippen LogP contribution < -0.4 is 4.74 Å². The quantitative estimate of drug-likeness (QED) is 0.401. The van der Waals surface area contributed by atoms with E-state index < -0.39 is 30.6 Å². The Morgan fingerprint density at radius 3 is 2.43 bits per heavy atom. The minimum atomic E-state index is -4.49. The molecule has 0 unspecified atom stereocenters. The first-order chi connectivity index (χ1) is 13.8. The number of rotatable bonds is 7. The number of benzene rings is 1. The molecule has 0 saturated heterocycles. The highest BCUT2D eigenvalue weighted by atomic mass is 35.5. The summed E-state index contributed by atoms with van der Waals surface area (Å²) in [4.78, 5) is 12.0. The van der Waals surface area contributed by atoms with Crippen LogP contribution >= 0.6 is 11.6 Å². The Morgan fingerprint density at radius 2 is 1.90 bits per heavy atom. The second kappa shape index (κ2) is 8.79. The average Bonchev–Trinajstić information content (AvgIpc) is 2.88. The molecule has 11 heteroatoms. The summed E-state index contributed by atoms with van der Waals surface area (Å²) in [5, 5.41) is 3.80. The van der Waals surface area contributed by atoms with E-state index in [2.05, 4.69) is 9.84 Å². The lowest BCUT2D eigenvalue weighted by molar-refractivity contribution is -0.211. The van der Waals surface area contributed by atoms with Gasteiger partial charge in [-0.15, -0.1) is 0 Å². The number of aryl methyl sites for hydroxylation is 1. The average molecular weight is 455 g/mol. The van der Waals surface area contributed by atoms with Crippen LogP contribution in [0, 0.1) is 5.41 Å². The van der Waals surface area contributed by atoms with Gasteiger partial charge >= 0.3 is 18.8 Å². The van der Waals surface area contributed by atoms with E-state index in [0.717, 1.165) is 19.9 Å². The number of nitrogens with zero attached hydrogens (tertiary/aromatic N) is 2. The van der Waals surface area contributed by atoms with Crippen molar-refractivity contribution in [2.45, 2.75) is 40.0 Å². The molecule has 1 aromatic carbocycles. The molecule has 2 aromatic rings. The molecule has 0 fully saturated rings. The minimum absolute atomic E-state index is 0.0411. The Morgan fingerprint density at radius 1 is 1.27 bits per heavy atom. The van der Waals surface area contributed by atoms with E-state index in [-0.39, 0.29) is 39.9 Å². The van der Waals surface area contributed by atoms with Crippen LogP contribution in [0.2, 0.25) is 5.02 Å². The summed E-state index contributed by atoms with van der Waals surface area (Å²) in [6.07, 6.45) is -4.95. The van der Waals surface area contributed by atoms with Crippen LogP contribution in [0.3, 0.4) is 0 Å². The predicted molar refractivity (Wildman–Crippen MR) is 99.8 cm³/mol. The third kappa shape index (κ3) is 5.03. The van der Waals surface area contributed by atoms with Gasteiger partial charge in [-0.05, 0) is 31.0 Å². The van der Waals surface area contributed by atoms with Crippen LogP contribution in [-0.2, 0) is 18.2 Å². The number of hydrogen-bond donors (Lipinski definition) is 0. The maximum Gasteiger partial charge on any atom is 0.394 e. The summed E-state index contributed by atoms with van der Waals surface area (Å²) in [5.74, 6) is -1.19. The van der Waals surface area contributed by atoms with Crippen LogP contribution in [0.1, 0.15) is 36.8 Å². The van der Waals surface area contributed by atoms with Crippen molar-refractivity contribution in [2.24, 2.45) is 12.5 Å². The zero-order valence-corrected chi connectivity index (χ0v) is 17.4. The van der Waals surface area contributed by atoms with Gasteiger partial charge in [-0.25, -0.2) is 4.79 Å². The Hall–Kier alpha value is -2.36. The van der Waals surface area contributed by atoms with Crippen molar-refractivity contribution in [3.8, 4) is 17.0 Å². The summed E-state index contributed by atoms with van der Waals surface area (Å²) < 4.78 is 76.1. The second-order valence-corrected chi connectivity index (χ2v) is 7.50. The Balaban J connectivity index is 2.55. The highest BCUT2D eigenvalue weighted by molar-refractivity contribution is 6.35. The zero-order chi connectivity index (χ0) is 22.9. The van der Waals surface area contributed by atoms with Crippen molar-refractivity contribution in [1.29, 1.82) is 0 Å². The molecule has 0 aliphatic rings. The first-order valence-corrected chi connectivity index (χ1v) is 9.20. The summed E-state index contributed by atoms with van der Waals surface area (Å²) in [7, 11) is 1.43. The smallest absolute Gasteiger partial charge is 0.394 e. The van der Waals surface area contributed by atoms with Crippen molar-refractivity contribution >= 4 is 17.6 Å². The lowest BCUT2D eigenvalue weighted by Crippen LogP contribution is -2.34. The Bertz CT molecular complexity index is 926. The van der Waals surface area contributed by atoms with E-state index in [1.165, 1.54) is 23.9 Å².